The van der Waals surface area contributed by atoms with E-state index in [0.717, 1.165) is 0 Å². The molecule has 1 N–H and O–H groups in total. The highest BCUT2D eigenvalue weighted by atomic mass is 35.5. The molecule has 1 aliphatic carbocycles. The molecule has 1 saturated heterocycles. The Labute approximate surface area is 114 Å². The van der Waals surface area contributed by atoms with Gasteiger partial charge in [0.15, 0.2) is 0 Å². The molecule has 2 fully saturated rings. The van der Waals surface area contributed by atoms with Crippen molar-refractivity contribution in [2.24, 2.45) is 0 Å². The number of nitrogens with one attached hydrogen (secondary N) is 1. The number of piperazine rings is 1. The third-order valence-corrected chi connectivity index (χ3v) is 3.62. The normalized spacial score (nSPS) is 22.7. The van der Waals surface area contributed by atoms with Gasteiger partial charge in [-0.1, -0.05) is 0 Å². The summed E-state index contributed by atoms with van der Waals surface area (Å²) in [5, 5.41) is 3.20. The van der Waals surface area contributed by atoms with E-state index in [2.05, 4.69) is 5.32 Å². The Bertz CT molecular complexity index is 342. The average Bonchev–Trinajstić information content (AvgIpc) is 3.06. The van der Waals surface area contributed by atoms with Gasteiger partial charge in [-0.3, -0.25) is 9.59 Å². The van der Waals surface area contributed by atoms with E-state index in [9.17, 15) is 9.59 Å². The lowest BCUT2D eigenvalue weighted by atomic mass is 9.97. The first-order chi connectivity index (χ1) is 7.93. The van der Waals surface area contributed by atoms with Gasteiger partial charge in [0, 0.05) is 26.2 Å². The molecule has 0 aromatic heterocycles. The van der Waals surface area contributed by atoms with Gasteiger partial charge in [0.05, 0.1) is 6.54 Å². The molecule has 2 amide bonds. The van der Waals surface area contributed by atoms with Gasteiger partial charge in [-0.05, 0) is 26.7 Å². The molecule has 0 atom stereocenters. The topological polar surface area (TPSA) is 52.6 Å². The van der Waals surface area contributed by atoms with E-state index < -0.39 is 5.54 Å². The number of likely N-dealkylation sites (N-methyl/N-ethyl adjacent to an activating group) is 1. The Balaban J connectivity index is 0.00000162. The van der Waals surface area contributed by atoms with Crippen molar-refractivity contribution >= 4 is 24.2 Å². The standard InChI is InChI=1S/C12H21N3O2.ClH/c1-12(2)11(17)14(3)6-7-15(12)10(16)8-13-9-4-5-9;/h9,13H,4-8H2,1-3H3;1H. The molecule has 18 heavy (non-hydrogen) atoms. The zero-order chi connectivity index (χ0) is 12.6. The predicted molar refractivity (Wildman–Crippen MR) is 71.7 cm³/mol. The fourth-order valence-corrected chi connectivity index (χ4v) is 2.26. The lowest BCUT2D eigenvalue weighted by Crippen LogP contribution is -2.64. The first kappa shape index (κ1) is 15.2. The van der Waals surface area contributed by atoms with E-state index in [-0.39, 0.29) is 24.2 Å². The van der Waals surface area contributed by atoms with Crippen LogP contribution in [0.1, 0.15) is 26.7 Å². The van der Waals surface area contributed by atoms with Crippen molar-refractivity contribution in [3.8, 4) is 0 Å². The van der Waals surface area contributed by atoms with Crippen molar-refractivity contribution in [1.82, 2.24) is 15.1 Å². The second-order valence-electron chi connectivity index (χ2n) is 5.49. The van der Waals surface area contributed by atoms with Crippen LogP contribution in [0.15, 0.2) is 0 Å². The highest BCUT2D eigenvalue weighted by Crippen LogP contribution is 2.22. The maximum Gasteiger partial charge on any atom is 0.247 e. The van der Waals surface area contributed by atoms with Crippen LogP contribution in [0.3, 0.4) is 0 Å². The van der Waals surface area contributed by atoms with Gasteiger partial charge in [0.25, 0.3) is 0 Å². The molecule has 1 saturated carbocycles. The van der Waals surface area contributed by atoms with Crippen LogP contribution in [-0.2, 0) is 9.59 Å². The monoisotopic (exact) mass is 275 g/mol. The smallest absolute Gasteiger partial charge is 0.247 e. The second-order valence-corrected chi connectivity index (χ2v) is 5.49. The number of nitrogens with zero attached hydrogens (tertiary/aromatic N) is 2. The SMILES string of the molecule is CN1CCN(C(=O)CNC2CC2)C(C)(C)C1=O.Cl. The number of hydrogen-bond acceptors (Lipinski definition) is 3. The van der Waals surface area contributed by atoms with Crippen molar-refractivity contribution in [2.75, 3.05) is 26.7 Å². The largest absolute Gasteiger partial charge is 0.342 e. The molecular weight excluding hydrogens is 254 g/mol. The highest BCUT2D eigenvalue weighted by Gasteiger charge is 2.42. The Hall–Kier alpha value is -0.810. The van der Waals surface area contributed by atoms with E-state index in [4.69, 9.17) is 0 Å². The molecule has 0 bridgehead atoms. The van der Waals surface area contributed by atoms with Crippen molar-refractivity contribution < 1.29 is 9.59 Å². The van der Waals surface area contributed by atoms with Gasteiger partial charge in [-0.25, -0.2) is 0 Å². The summed E-state index contributed by atoms with van der Waals surface area (Å²) in [7, 11) is 1.79. The van der Waals surface area contributed by atoms with Gasteiger partial charge >= 0.3 is 0 Å². The summed E-state index contributed by atoms with van der Waals surface area (Å²) in [6, 6.07) is 0.519. The maximum atomic E-state index is 12.1. The fraction of sp³-hybridized carbons (Fsp3) is 0.833. The molecule has 0 unspecified atom stereocenters. The molecular formula is C12H22ClN3O2. The number of halogens is 1. The number of amides is 2. The Morgan fingerprint density at radius 2 is 2.00 bits per heavy atom. The summed E-state index contributed by atoms with van der Waals surface area (Å²) < 4.78 is 0. The lowest BCUT2D eigenvalue weighted by molar-refractivity contribution is -0.156. The zero-order valence-corrected chi connectivity index (χ0v) is 12.0. The predicted octanol–water partition coefficient (Wildman–Crippen LogP) is 0.239. The summed E-state index contributed by atoms with van der Waals surface area (Å²) >= 11 is 0. The molecule has 0 aromatic carbocycles. The molecule has 6 heteroatoms. The Kier molecular flexibility index (Phi) is 4.61. The first-order valence-corrected chi connectivity index (χ1v) is 6.22. The van der Waals surface area contributed by atoms with Crippen molar-refractivity contribution in [2.45, 2.75) is 38.3 Å². The quantitative estimate of drug-likeness (QED) is 0.803. The molecule has 5 nitrogen and oxygen atoms in total. The maximum absolute atomic E-state index is 12.1. The summed E-state index contributed by atoms with van der Waals surface area (Å²) in [4.78, 5) is 27.5. The molecule has 0 radical (unpaired) electrons. The summed E-state index contributed by atoms with van der Waals surface area (Å²) in [5.41, 5.74) is -0.713. The number of carbonyl (C=O) groups is 2. The van der Waals surface area contributed by atoms with Gasteiger partial charge in [-0.2, -0.15) is 0 Å². The number of hydrogen-bond donors (Lipinski definition) is 1. The van der Waals surface area contributed by atoms with E-state index in [0.29, 0.717) is 25.7 Å². The summed E-state index contributed by atoms with van der Waals surface area (Å²) in [6.45, 7) is 5.24. The molecule has 1 aliphatic heterocycles. The third-order valence-electron chi connectivity index (χ3n) is 3.62. The van der Waals surface area contributed by atoms with Crippen LogP contribution >= 0.6 is 12.4 Å². The van der Waals surface area contributed by atoms with Crippen molar-refractivity contribution in [3.63, 3.8) is 0 Å². The minimum absolute atomic E-state index is 0. The molecule has 0 aromatic rings. The van der Waals surface area contributed by atoms with Crippen molar-refractivity contribution in [1.29, 1.82) is 0 Å². The summed E-state index contributed by atoms with van der Waals surface area (Å²) in [6.07, 6.45) is 2.33. The Morgan fingerprint density at radius 1 is 1.39 bits per heavy atom. The van der Waals surface area contributed by atoms with Crippen LogP contribution in [0.5, 0.6) is 0 Å². The van der Waals surface area contributed by atoms with Crippen LogP contribution in [0.4, 0.5) is 0 Å². The zero-order valence-electron chi connectivity index (χ0n) is 11.2. The van der Waals surface area contributed by atoms with E-state index in [1.165, 1.54) is 12.8 Å². The number of rotatable bonds is 3. The molecule has 1 heterocycles. The fourth-order valence-electron chi connectivity index (χ4n) is 2.26. The average molecular weight is 276 g/mol. The van der Waals surface area contributed by atoms with Crippen LogP contribution in [0.2, 0.25) is 0 Å². The Morgan fingerprint density at radius 3 is 2.56 bits per heavy atom. The van der Waals surface area contributed by atoms with E-state index in [1.807, 2.05) is 13.8 Å². The minimum Gasteiger partial charge on any atom is -0.342 e. The molecule has 2 aliphatic rings. The van der Waals surface area contributed by atoms with Gasteiger partial charge in [-0.15, -0.1) is 12.4 Å². The lowest BCUT2D eigenvalue weighted by Gasteiger charge is -2.44. The van der Waals surface area contributed by atoms with E-state index in [1.54, 1.807) is 16.8 Å². The molecule has 2 rings (SSSR count). The highest BCUT2D eigenvalue weighted by molar-refractivity contribution is 5.92. The minimum atomic E-state index is -0.713. The van der Waals surface area contributed by atoms with Crippen LogP contribution in [0.25, 0.3) is 0 Å². The first-order valence-electron chi connectivity index (χ1n) is 6.22. The van der Waals surface area contributed by atoms with Crippen LogP contribution in [-0.4, -0.2) is 59.9 Å². The summed E-state index contributed by atoms with van der Waals surface area (Å²) in [5.74, 6) is 0.0480. The van der Waals surface area contributed by atoms with Crippen molar-refractivity contribution in [3.05, 3.63) is 0 Å². The van der Waals surface area contributed by atoms with Gasteiger partial charge in [0.1, 0.15) is 5.54 Å². The van der Waals surface area contributed by atoms with Crippen LogP contribution in [0, 0.1) is 0 Å². The second kappa shape index (κ2) is 5.45. The van der Waals surface area contributed by atoms with Gasteiger partial charge < -0.3 is 15.1 Å². The van der Waals surface area contributed by atoms with Gasteiger partial charge in [0.2, 0.25) is 11.8 Å². The molecule has 104 valence electrons. The molecule has 0 spiro atoms. The van der Waals surface area contributed by atoms with Crippen LogP contribution < -0.4 is 5.32 Å². The third kappa shape index (κ3) is 2.95. The number of carbonyl (C=O) groups excluding carboxylic acids is 2. The van der Waals surface area contributed by atoms with E-state index >= 15 is 0 Å².